The molecule has 4 heteroatoms. The molecule has 1 aromatic rings. The van der Waals surface area contributed by atoms with Crippen LogP contribution in [0.25, 0.3) is 0 Å². The second kappa shape index (κ2) is 4.04. The highest BCUT2D eigenvalue weighted by Crippen LogP contribution is 2.53. The van der Waals surface area contributed by atoms with E-state index >= 15 is 0 Å². The van der Waals surface area contributed by atoms with Crippen molar-refractivity contribution in [3.8, 4) is 5.75 Å². The molecule has 0 saturated heterocycles. The van der Waals surface area contributed by atoms with Crippen molar-refractivity contribution in [1.82, 2.24) is 0 Å². The van der Waals surface area contributed by atoms with E-state index in [9.17, 15) is 9.90 Å². The lowest BCUT2D eigenvalue weighted by Crippen LogP contribution is -2.04. The van der Waals surface area contributed by atoms with Gasteiger partial charge in [0, 0.05) is 5.56 Å². The standard InChI is InChI=1S/C12H12BrNO2/c1-2-8-5-9(11(16)10(13)6-8)12(3-4-12)14-7-15/h5-6,16H,2-4H2,1H3. The molecule has 0 amide bonds. The maximum absolute atomic E-state index is 10.4. The molecular formula is C12H12BrNO2. The van der Waals surface area contributed by atoms with Gasteiger partial charge in [-0.25, -0.2) is 4.79 Å². The smallest absolute Gasteiger partial charge is 0.235 e. The van der Waals surface area contributed by atoms with Crippen LogP contribution in [0, 0.1) is 0 Å². The molecule has 1 aliphatic rings. The first-order valence-electron chi connectivity index (χ1n) is 5.24. The van der Waals surface area contributed by atoms with Crippen LogP contribution >= 0.6 is 15.9 Å². The van der Waals surface area contributed by atoms with Gasteiger partial charge in [0.1, 0.15) is 11.3 Å². The first-order valence-corrected chi connectivity index (χ1v) is 6.03. The molecule has 1 aliphatic carbocycles. The fourth-order valence-corrected chi connectivity index (χ4v) is 2.37. The van der Waals surface area contributed by atoms with E-state index in [1.807, 2.05) is 19.1 Å². The van der Waals surface area contributed by atoms with Gasteiger partial charge in [-0.15, -0.1) is 0 Å². The zero-order valence-corrected chi connectivity index (χ0v) is 10.5. The summed E-state index contributed by atoms with van der Waals surface area (Å²) in [5.41, 5.74) is 1.34. The van der Waals surface area contributed by atoms with Gasteiger partial charge in [-0.2, -0.15) is 4.99 Å². The van der Waals surface area contributed by atoms with E-state index in [4.69, 9.17) is 0 Å². The number of aliphatic imine (C=N–C) groups is 1. The van der Waals surface area contributed by atoms with Crippen molar-refractivity contribution in [3.05, 3.63) is 27.7 Å². The maximum atomic E-state index is 10.4. The lowest BCUT2D eigenvalue weighted by molar-refractivity contribution is 0.455. The number of isocyanates is 1. The van der Waals surface area contributed by atoms with Gasteiger partial charge >= 0.3 is 0 Å². The van der Waals surface area contributed by atoms with Crippen LogP contribution in [0.15, 0.2) is 21.6 Å². The summed E-state index contributed by atoms with van der Waals surface area (Å²) in [7, 11) is 0. The molecule has 3 nitrogen and oxygen atoms in total. The number of aromatic hydroxyl groups is 1. The molecule has 0 radical (unpaired) electrons. The van der Waals surface area contributed by atoms with Gasteiger partial charge < -0.3 is 5.11 Å². The van der Waals surface area contributed by atoms with Crippen LogP contribution in [0.4, 0.5) is 0 Å². The van der Waals surface area contributed by atoms with Crippen LogP contribution in [0.1, 0.15) is 30.9 Å². The molecule has 16 heavy (non-hydrogen) atoms. The highest BCUT2D eigenvalue weighted by Gasteiger charge is 2.47. The Balaban J connectivity index is 2.55. The van der Waals surface area contributed by atoms with Gasteiger partial charge in [0.2, 0.25) is 6.08 Å². The average Bonchev–Trinajstić information content (AvgIpc) is 3.03. The molecule has 84 valence electrons. The fourth-order valence-electron chi connectivity index (χ4n) is 1.86. The van der Waals surface area contributed by atoms with Gasteiger partial charge in [-0.05, 0) is 52.9 Å². The number of nitrogens with zero attached hydrogens (tertiary/aromatic N) is 1. The molecule has 0 aliphatic heterocycles. The topological polar surface area (TPSA) is 49.7 Å². The number of aryl methyl sites for hydroxylation is 1. The highest BCUT2D eigenvalue weighted by molar-refractivity contribution is 9.10. The Morgan fingerprint density at radius 1 is 1.56 bits per heavy atom. The van der Waals surface area contributed by atoms with E-state index in [0.29, 0.717) is 4.47 Å². The van der Waals surface area contributed by atoms with Crippen molar-refractivity contribution in [2.24, 2.45) is 4.99 Å². The zero-order chi connectivity index (χ0) is 11.8. The van der Waals surface area contributed by atoms with Gasteiger partial charge in [-0.3, -0.25) is 0 Å². The molecule has 0 bridgehead atoms. The Morgan fingerprint density at radius 3 is 2.75 bits per heavy atom. The first-order chi connectivity index (χ1) is 7.63. The molecule has 0 unspecified atom stereocenters. The van der Waals surface area contributed by atoms with E-state index in [2.05, 4.69) is 20.9 Å². The third kappa shape index (κ3) is 1.79. The fraction of sp³-hybridized carbons (Fsp3) is 0.417. The van der Waals surface area contributed by atoms with Crippen LogP contribution in [0.3, 0.4) is 0 Å². The highest BCUT2D eigenvalue weighted by atomic mass is 79.9. The Kier molecular flexibility index (Phi) is 2.87. The van der Waals surface area contributed by atoms with E-state index in [0.717, 1.165) is 30.4 Å². The minimum atomic E-state index is -0.514. The van der Waals surface area contributed by atoms with Crippen molar-refractivity contribution in [2.45, 2.75) is 31.7 Å². The molecular weight excluding hydrogens is 270 g/mol. The number of phenolic OH excluding ortho intramolecular Hbond substituents is 1. The molecule has 1 N–H and O–H groups in total. The number of rotatable bonds is 3. The second-order valence-electron chi connectivity index (χ2n) is 4.06. The van der Waals surface area contributed by atoms with Gasteiger partial charge in [0.25, 0.3) is 0 Å². The van der Waals surface area contributed by atoms with Gasteiger partial charge in [-0.1, -0.05) is 6.92 Å². The Labute approximate surface area is 102 Å². The summed E-state index contributed by atoms with van der Waals surface area (Å²) in [6, 6.07) is 3.81. The lowest BCUT2D eigenvalue weighted by Gasteiger charge is -2.13. The number of hydrogen-bond acceptors (Lipinski definition) is 3. The summed E-state index contributed by atoms with van der Waals surface area (Å²) < 4.78 is 0.661. The lowest BCUT2D eigenvalue weighted by atomic mass is 10.00. The zero-order valence-electron chi connectivity index (χ0n) is 8.96. The predicted molar refractivity (Wildman–Crippen MR) is 64.2 cm³/mol. The second-order valence-corrected chi connectivity index (χ2v) is 4.92. The van der Waals surface area contributed by atoms with E-state index in [1.54, 1.807) is 6.08 Å². The Morgan fingerprint density at radius 2 is 2.25 bits per heavy atom. The van der Waals surface area contributed by atoms with Gasteiger partial charge in [0.05, 0.1) is 4.47 Å². The Bertz CT molecular complexity index is 474. The molecule has 0 heterocycles. The summed E-state index contributed by atoms with van der Waals surface area (Å²) in [5, 5.41) is 9.98. The van der Waals surface area contributed by atoms with Crippen molar-refractivity contribution < 1.29 is 9.90 Å². The molecule has 1 fully saturated rings. The van der Waals surface area contributed by atoms with Crippen molar-refractivity contribution >= 4 is 22.0 Å². The van der Waals surface area contributed by atoms with Crippen LogP contribution < -0.4 is 0 Å². The first kappa shape index (κ1) is 11.4. The normalized spacial score (nSPS) is 16.6. The van der Waals surface area contributed by atoms with Crippen molar-refractivity contribution in [3.63, 3.8) is 0 Å². The molecule has 0 aromatic heterocycles. The molecule has 2 rings (SSSR count). The number of carbonyl (C=O) groups excluding carboxylic acids is 1. The van der Waals surface area contributed by atoms with E-state index in [1.165, 1.54) is 0 Å². The quantitative estimate of drug-likeness (QED) is 0.684. The number of halogens is 1. The Hall–Kier alpha value is -1.12. The van der Waals surface area contributed by atoms with Crippen LogP contribution in [0.5, 0.6) is 5.75 Å². The number of hydrogen-bond donors (Lipinski definition) is 1. The minimum Gasteiger partial charge on any atom is -0.506 e. The largest absolute Gasteiger partial charge is 0.506 e. The number of phenols is 1. The van der Waals surface area contributed by atoms with E-state index in [-0.39, 0.29) is 5.75 Å². The summed E-state index contributed by atoms with van der Waals surface area (Å²) in [4.78, 5) is 14.2. The third-order valence-corrected chi connectivity index (χ3v) is 3.62. The van der Waals surface area contributed by atoms with Crippen LogP contribution in [-0.4, -0.2) is 11.2 Å². The summed E-state index contributed by atoms with van der Waals surface area (Å²) in [6.45, 7) is 2.05. The SMILES string of the molecule is CCc1cc(Br)c(O)c(C2(N=C=O)CC2)c1. The summed E-state index contributed by atoms with van der Waals surface area (Å²) >= 11 is 3.32. The summed E-state index contributed by atoms with van der Waals surface area (Å²) in [5.74, 6) is 0.189. The number of benzene rings is 1. The van der Waals surface area contributed by atoms with Gasteiger partial charge in [0.15, 0.2) is 0 Å². The summed E-state index contributed by atoms with van der Waals surface area (Å²) in [6.07, 6.45) is 4.09. The molecule has 0 atom stereocenters. The average molecular weight is 282 g/mol. The molecule has 1 saturated carbocycles. The van der Waals surface area contributed by atoms with Crippen molar-refractivity contribution in [1.29, 1.82) is 0 Å². The molecule has 0 spiro atoms. The monoisotopic (exact) mass is 281 g/mol. The predicted octanol–water partition coefficient (Wildman–Crippen LogP) is 3.04. The van der Waals surface area contributed by atoms with Crippen LogP contribution in [0.2, 0.25) is 0 Å². The maximum Gasteiger partial charge on any atom is 0.235 e. The van der Waals surface area contributed by atoms with Crippen LogP contribution in [-0.2, 0) is 16.8 Å². The minimum absolute atomic E-state index is 0.189. The molecule has 1 aromatic carbocycles. The van der Waals surface area contributed by atoms with E-state index < -0.39 is 5.54 Å². The van der Waals surface area contributed by atoms with Crippen molar-refractivity contribution in [2.75, 3.05) is 0 Å². The third-order valence-electron chi connectivity index (χ3n) is 3.02.